The predicted octanol–water partition coefficient (Wildman–Crippen LogP) is 0.645. The minimum absolute atomic E-state index is 0.478. The van der Waals surface area contributed by atoms with Crippen LogP contribution in [0.3, 0.4) is 0 Å². The zero-order valence-electron chi connectivity index (χ0n) is 8.98. The molecule has 0 atom stereocenters. The van der Waals surface area contributed by atoms with Crippen molar-refractivity contribution in [3.63, 3.8) is 0 Å². The molecule has 0 unspecified atom stereocenters. The van der Waals surface area contributed by atoms with Gasteiger partial charge in [0.05, 0.1) is 0 Å². The fourth-order valence-corrected chi connectivity index (χ4v) is 1.58. The van der Waals surface area contributed by atoms with E-state index in [0.29, 0.717) is 18.0 Å². The maximum Gasteiger partial charge on any atom is 0.203 e. The van der Waals surface area contributed by atoms with Gasteiger partial charge in [-0.05, 0) is 23.8 Å². The molecule has 0 amide bonds. The fourth-order valence-electron chi connectivity index (χ4n) is 1.58. The quantitative estimate of drug-likeness (QED) is 0.693. The van der Waals surface area contributed by atoms with Crippen molar-refractivity contribution in [3.8, 4) is 11.5 Å². The lowest BCUT2D eigenvalue weighted by Crippen LogP contribution is -1.99. The summed E-state index contributed by atoms with van der Waals surface area (Å²) in [4.78, 5) is 4.30. The first kappa shape index (κ1) is 9.86. The minimum atomic E-state index is 0.478. The maximum atomic E-state index is 5.52. The molecule has 3 aromatic heterocycles. The molecule has 3 heterocycles. The number of hydrogen-bond acceptors (Lipinski definition) is 5. The second-order valence-corrected chi connectivity index (χ2v) is 3.57. The number of fused-ring (bicyclic) bond motifs is 1. The van der Waals surface area contributed by atoms with Crippen LogP contribution in [-0.2, 0) is 6.54 Å². The van der Waals surface area contributed by atoms with E-state index in [9.17, 15) is 0 Å². The van der Waals surface area contributed by atoms with Crippen LogP contribution in [-0.4, -0.2) is 24.8 Å². The van der Waals surface area contributed by atoms with E-state index in [1.165, 1.54) is 0 Å². The summed E-state index contributed by atoms with van der Waals surface area (Å²) >= 11 is 0. The third-order valence-electron chi connectivity index (χ3n) is 2.47. The van der Waals surface area contributed by atoms with Gasteiger partial charge in [0, 0.05) is 18.9 Å². The molecule has 6 heteroatoms. The molecule has 17 heavy (non-hydrogen) atoms. The number of rotatable bonds is 2. The van der Waals surface area contributed by atoms with Gasteiger partial charge in [0.2, 0.25) is 5.82 Å². The molecule has 0 radical (unpaired) electrons. The molecule has 0 bridgehead atoms. The Balaban J connectivity index is 2.13. The molecule has 0 saturated carbocycles. The van der Waals surface area contributed by atoms with E-state index < -0.39 is 0 Å². The molecule has 3 rings (SSSR count). The van der Waals surface area contributed by atoms with Crippen molar-refractivity contribution in [3.05, 3.63) is 42.2 Å². The summed E-state index contributed by atoms with van der Waals surface area (Å²) in [6, 6.07) is 7.45. The lowest BCUT2D eigenvalue weighted by atomic mass is 10.2. The van der Waals surface area contributed by atoms with Crippen LogP contribution in [0.5, 0.6) is 0 Å². The highest BCUT2D eigenvalue weighted by atomic mass is 15.4. The van der Waals surface area contributed by atoms with E-state index in [1.54, 1.807) is 16.9 Å². The van der Waals surface area contributed by atoms with E-state index in [4.69, 9.17) is 5.73 Å². The first-order valence-corrected chi connectivity index (χ1v) is 5.20. The topological polar surface area (TPSA) is 82.0 Å². The molecule has 84 valence electrons. The van der Waals surface area contributed by atoms with Crippen molar-refractivity contribution < 1.29 is 0 Å². The molecule has 3 aromatic rings. The van der Waals surface area contributed by atoms with E-state index in [0.717, 1.165) is 11.3 Å². The third-order valence-corrected chi connectivity index (χ3v) is 2.47. The van der Waals surface area contributed by atoms with E-state index in [1.807, 2.05) is 24.3 Å². The SMILES string of the molecule is NCc1ccc(-c2nnc3cccnn23)nc1. The molecule has 2 N–H and O–H groups in total. The van der Waals surface area contributed by atoms with Crippen molar-refractivity contribution in [2.75, 3.05) is 0 Å². The molecule has 0 aliphatic heterocycles. The van der Waals surface area contributed by atoms with Crippen LogP contribution >= 0.6 is 0 Å². The maximum absolute atomic E-state index is 5.52. The number of nitrogens with zero attached hydrogens (tertiary/aromatic N) is 5. The Bertz CT molecular complexity index is 642. The van der Waals surface area contributed by atoms with E-state index in [-0.39, 0.29) is 0 Å². The molecule has 0 aliphatic rings. The Kier molecular flexibility index (Phi) is 2.27. The van der Waals surface area contributed by atoms with Gasteiger partial charge in [0.25, 0.3) is 0 Å². The Morgan fingerprint density at radius 3 is 2.88 bits per heavy atom. The number of nitrogens with two attached hydrogens (primary N) is 1. The molecule has 0 spiro atoms. The summed E-state index contributed by atoms with van der Waals surface area (Å²) in [5.74, 6) is 0.629. The van der Waals surface area contributed by atoms with Crippen molar-refractivity contribution in [2.45, 2.75) is 6.54 Å². The molecule has 0 aliphatic carbocycles. The van der Waals surface area contributed by atoms with Gasteiger partial charge in [0.15, 0.2) is 5.65 Å². The van der Waals surface area contributed by atoms with Crippen LogP contribution in [0.25, 0.3) is 17.2 Å². The average molecular weight is 226 g/mol. The van der Waals surface area contributed by atoms with Gasteiger partial charge in [-0.2, -0.15) is 9.61 Å². The second kappa shape index (κ2) is 3.91. The highest BCUT2D eigenvalue weighted by Crippen LogP contribution is 2.14. The highest BCUT2D eigenvalue weighted by Gasteiger charge is 2.09. The molecule has 0 saturated heterocycles. The van der Waals surface area contributed by atoms with Crippen LogP contribution in [0, 0.1) is 0 Å². The van der Waals surface area contributed by atoms with Crippen LogP contribution in [0.15, 0.2) is 36.7 Å². The minimum Gasteiger partial charge on any atom is -0.326 e. The summed E-state index contributed by atoms with van der Waals surface area (Å²) in [5, 5.41) is 12.3. The predicted molar refractivity (Wildman–Crippen MR) is 61.9 cm³/mol. The average Bonchev–Trinajstić information content (AvgIpc) is 2.83. The standard InChI is InChI=1S/C11H10N6/c12-6-8-3-4-9(13-7-8)11-16-15-10-2-1-5-14-17(10)11/h1-5,7H,6,12H2. The first-order chi connectivity index (χ1) is 8.38. The van der Waals surface area contributed by atoms with E-state index >= 15 is 0 Å². The monoisotopic (exact) mass is 226 g/mol. The van der Waals surface area contributed by atoms with Crippen LogP contribution < -0.4 is 5.73 Å². The van der Waals surface area contributed by atoms with Crippen LogP contribution in [0.2, 0.25) is 0 Å². The first-order valence-electron chi connectivity index (χ1n) is 5.20. The summed E-state index contributed by atoms with van der Waals surface area (Å²) in [7, 11) is 0. The van der Waals surface area contributed by atoms with Gasteiger partial charge in [-0.1, -0.05) is 6.07 Å². The lowest BCUT2D eigenvalue weighted by molar-refractivity contribution is 0.927. The summed E-state index contributed by atoms with van der Waals surface area (Å²) in [6.45, 7) is 0.478. The van der Waals surface area contributed by atoms with Crippen LogP contribution in [0.1, 0.15) is 5.56 Å². The molecule has 0 fully saturated rings. The normalized spacial score (nSPS) is 10.9. The lowest BCUT2D eigenvalue weighted by Gasteiger charge is -1.99. The van der Waals surface area contributed by atoms with Crippen molar-refractivity contribution in [1.82, 2.24) is 24.8 Å². The fraction of sp³-hybridized carbons (Fsp3) is 0.0909. The zero-order valence-corrected chi connectivity index (χ0v) is 8.98. The molecule has 6 nitrogen and oxygen atoms in total. The van der Waals surface area contributed by atoms with Crippen molar-refractivity contribution in [2.24, 2.45) is 5.73 Å². The second-order valence-electron chi connectivity index (χ2n) is 3.57. The Labute approximate surface area is 97.1 Å². The molecular weight excluding hydrogens is 216 g/mol. The van der Waals surface area contributed by atoms with Crippen LogP contribution in [0.4, 0.5) is 0 Å². The van der Waals surface area contributed by atoms with Gasteiger partial charge in [-0.15, -0.1) is 10.2 Å². The highest BCUT2D eigenvalue weighted by molar-refractivity contribution is 5.54. The van der Waals surface area contributed by atoms with E-state index in [2.05, 4.69) is 20.3 Å². The van der Waals surface area contributed by atoms with Gasteiger partial charge in [-0.25, -0.2) is 0 Å². The summed E-state index contributed by atoms with van der Waals surface area (Å²) in [6.07, 6.45) is 3.42. The number of hydrogen-bond donors (Lipinski definition) is 1. The summed E-state index contributed by atoms with van der Waals surface area (Å²) < 4.78 is 1.66. The van der Waals surface area contributed by atoms with Gasteiger partial charge in [-0.3, -0.25) is 4.98 Å². The summed E-state index contributed by atoms with van der Waals surface area (Å²) in [5.41, 5.74) is 7.94. The largest absolute Gasteiger partial charge is 0.326 e. The van der Waals surface area contributed by atoms with Gasteiger partial charge < -0.3 is 5.73 Å². The molecular formula is C11H10N6. The number of pyridine rings is 1. The van der Waals surface area contributed by atoms with Crippen molar-refractivity contribution in [1.29, 1.82) is 0 Å². The van der Waals surface area contributed by atoms with Crippen molar-refractivity contribution >= 4 is 5.65 Å². The van der Waals surface area contributed by atoms with Gasteiger partial charge in [0.1, 0.15) is 5.69 Å². The Morgan fingerprint density at radius 2 is 2.12 bits per heavy atom. The molecule has 0 aromatic carbocycles. The van der Waals surface area contributed by atoms with Gasteiger partial charge >= 0.3 is 0 Å². The zero-order chi connectivity index (χ0) is 11.7. The Hall–Kier alpha value is -2.34. The third kappa shape index (κ3) is 1.64. The Morgan fingerprint density at radius 1 is 1.18 bits per heavy atom. The number of aromatic nitrogens is 5. The smallest absolute Gasteiger partial charge is 0.203 e.